The molecular weight excluding hydrogens is 464 g/mol. The standard InChI is InChI=1S/C19H23BrN2O2S3/c1-25-11-8-17(22-18(23)15-6-2-3-7-16(15)20)19(24)21-9-12-26-13-14-5-4-10-27-14/h2-7,10,17H,8-9,11-13H2,1H3,(H,21,24)(H,22,23). The Morgan fingerprint density at radius 2 is 2.00 bits per heavy atom. The highest BCUT2D eigenvalue weighted by Gasteiger charge is 2.21. The minimum absolute atomic E-state index is 0.124. The number of thioether (sulfide) groups is 2. The summed E-state index contributed by atoms with van der Waals surface area (Å²) in [7, 11) is 0. The van der Waals surface area contributed by atoms with E-state index >= 15 is 0 Å². The quantitative estimate of drug-likeness (QED) is 0.461. The zero-order chi connectivity index (χ0) is 19.5. The van der Waals surface area contributed by atoms with Crippen LogP contribution in [0.4, 0.5) is 0 Å². The molecule has 0 spiro atoms. The Hall–Kier alpha value is -0.960. The first-order chi connectivity index (χ1) is 13.1. The Kier molecular flexibility index (Phi) is 10.3. The van der Waals surface area contributed by atoms with Crippen molar-refractivity contribution >= 4 is 62.6 Å². The minimum atomic E-state index is -0.528. The summed E-state index contributed by atoms with van der Waals surface area (Å²) < 4.78 is 0.719. The van der Waals surface area contributed by atoms with Gasteiger partial charge >= 0.3 is 0 Å². The molecule has 0 saturated heterocycles. The average Bonchev–Trinajstić information content (AvgIpc) is 3.18. The molecule has 27 heavy (non-hydrogen) atoms. The summed E-state index contributed by atoms with van der Waals surface area (Å²) in [5, 5.41) is 7.89. The van der Waals surface area contributed by atoms with Crippen LogP contribution in [-0.4, -0.2) is 42.2 Å². The highest BCUT2D eigenvalue weighted by molar-refractivity contribution is 9.10. The second-order valence-corrected chi connectivity index (χ2v) is 9.69. The molecule has 1 heterocycles. The number of thiophene rings is 1. The van der Waals surface area contributed by atoms with Gasteiger partial charge in [0.15, 0.2) is 0 Å². The van der Waals surface area contributed by atoms with E-state index in [2.05, 4.69) is 38.0 Å². The molecule has 0 fully saturated rings. The van der Waals surface area contributed by atoms with Crippen LogP contribution < -0.4 is 10.6 Å². The fraction of sp³-hybridized carbons (Fsp3) is 0.368. The maximum atomic E-state index is 12.5. The van der Waals surface area contributed by atoms with Crippen molar-refractivity contribution in [3.05, 3.63) is 56.7 Å². The fourth-order valence-electron chi connectivity index (χ4n) is 2.32. The van der Waals surface area contributed by atoms with E-state index in [-0.39, 0.29) is 11.8 Å². The molecule has 4 nitrogen and oxygen atoms in total. The molecule has 2 N–H and O–H groups in total. The van der Waals surface area contributed by atoms with Gasteiger partial charge in [0, 0.05) is 27.4 Å². The minimum Gasteiger partial charge on any atom is -0.353 e. The Morgan fingerprint density at radius 3 is 2.70 bits per heavy atom. The smallest absolute Gasteiger partial charge is 0.253 e. The average molecular weight is 488 g/mol. The van der Waals surface area contributed by atoms with Gasteiger partial charge in [0.2, 0.25) is 5.91 Å². The summed E-state index contributed by atoms with van der Waals surface area (Å²) in [6.45, 7) is 0.593. The zero-order valence-corrected chi connectivity index (χ0v) is 19.1. The van der Waals surface area contributed by atoms with Crippen molar-refractivity contribution < 1.29 is 9.59 Å². The molecule has 0 bridgehead atoms. The molecule has 8 heteroatoms. The molecule has 2 amide bonds. The normalized spacial score (nSPS) is 11.8. The Morgan fingerprint density at radius 1 is 1.19 bits per heavy atom. The number of hydrogen-bond donors (Lipinski definition) is 2. The van der Waals surface area contributed by atoms with E-state index in [0.717, 1.165) is 21.7 Å². The third-order valence-corrected chi connectivity index (χ3v) is 7.12. The van der Waals surface area contributed by atoms with Crippen molar-refractivity contribution in [3.8, 4) is 0 Å². The fourth-order valence-corrected chi connectivity index (χ4v) is 4.96. The molecule has 146 valence electrons. The van der Waals surface area contributed by atoms with E-state index in [1.807, 2.05) is 30.5 Å². The molecule has 2 aromatic rings. The van der Waals surface area contributed by atoms with E-state index < -0.39 is 6.04 Å². The SMILES string of the molecule is CSCCC(NC(=O)c1ccccc1Br)C(=O)NCCSCc1cccs1. The number of carbonyl (C=O) groups is 2. The Labute approximate surface area is 181 Å². The lowest BCUT2D eigenvalue weighted by Gasteiger charge is -2.18. The number of nitrogens with one attached hydrogen (secondary N) is 2. The van der Waals surface area contributed by atoms with Crippen LogP contribution in [0.1, 0.15) is 21.7 Å². The maximum absolute atomic E-state index is 12.5. The van der Waals surface area contributed by atoms with E-state index in [4.69, 9.17) is 0 Å². The van der Waals surface area contributed by atoms with E-state index in [9.17, 15) is 9.59 Å². The summed E-state index contributed by atoms with van der Waals surface area (Å²) in [6.07, 6.45) is 2.59. The molecule has 2 rings (SSSR count). The lowest BCUT2D eigenvalue weighted by molar-refractivity contribution is -0.122. The number of benzene rings is 1. The first kappa shape index (κ1) is 22.3. The third-order valence-electron chi connectivity index (χ3n) is 3.72. The van der Waals surface area contributed by atoms with Crippen LogP contribution in [0.25, 0.3) is 0 Å². The summed E-state index contributed by atoms with van der Waals surface area (Å²) in [4.78, 5) is 26.4. The van der Waals surface area contributed by atoms with Crippen LogP contribution in [0.15, 0.2) is 46.3 Å². The van der Waals surface area contributed by atoms with Crippen molar-refractivity contribution in [2.45, 2.75) is 18.2 Å². The van der Waals surface area contributed by atoms with Crippen molar-refractivity contribution in [3.63, 3.8) is 0 Å². The molecule has 0 aliphatic rings. The summed E-state index contributed by atoms with van der Waals surface area (Å²) in [5.74, 6) is 2.25. The van der Waals surface area contributed by atoms with Crippen molar-refractivity contribution in [1.29, 1.82) is 0 Å². The number of rotatable bonds is 11. The number of carbonyl (C=O) groups excluding carboxylic acids is 2. The van der Waals surface area contributed by atoms with Gasteiger partial charge < -0.3 is 10.6 Å². The molecule has 1 aromatic heterocycles. The topological polar surface area (TPSA) is 58.2 Å². The van der Waals surface area contributed by atoms with E-state index in [0.29, 0.717) is 18.5 Å². The van der Waals surface area contributed by atoms with Crippen LogP contribution in [0.5, 0.6) is 0 Å². The monoisotopic (exact) mass is 486 g/mol. The molecule has 0 saturated carbocycles. The molecule has 0 radical (unpaired) electrons. The predicted octanol–water partition coefficient (Wildman–Crippen LogP) is 4.41. The van der Waals surface area contributed by atoms with Crippen LogP contribution in [0, 0.1) is 0 Å². The van der Waals surface area contributed by atoms with Gasteiger partial charge in [-0.1, -0.05) is 18.2 Å². The van der Waals surface area contributed by atoms with Gasteiger partial charge in [-0.2, -0.15) is 23.5 Å². The summed E-state index contributed by atoms with van der Waals surface area (Å²) >= 11 is 8.58. The maximum Gasteiger partial charge on any atom is 0.253 e. The molecule has 1 unspecified atom stereocenters. The molecule has 0 aliphatic heterocycles. The second-order valence-electron chi connectivity index (χ2n) is 5.71. The number of halogens is 1. The van der Waals surface area contributed by atoms with Gasteiger partial charge in [0.25, 0.3) is 5.91 Å². The molecular formula is C19H23BrN2O2S3. The van der Waals surface area contributed by atoms with Gasteiger partial charge in [-0.25, -0.2) is 0 Å². The summed E-state index contributed by atoms with van der Waals surface area (Å²) in [6, 6.07) is 10.9. The van der Waals surface area contributed by atoms with Gasteiger partial charge in [-0.05, 0) is 57.9 Å². The van der Waals surface area contributed by atoms with Crippen molar-refractivity contribution in [2.75, 3.05) is 24.3 Å². The third kappa shape index (κ3) is 7.89. The first-order valence-corrected chi connectivity index (χ1v) is 12.8. The molecule has 1 aromatic carbocycles. The predicted molar refractivity (Wildman–Crippen MR) is 122 cm³/mol. The summed E-state index contributed by atoms with van der Waals surface area (Å²) in [5.41, 5.74) is 0.533. The van der Waals surface area contributed by atoms with Crippen LogP contribution in [0.3, 0.4) is 0 Å². The Bertz CT molecular complexity index is 726. The highest BCUT2D eigenvalue weighted by atomic mass is 79.9. The second kappa shape index (κ2) is 12.5. The lowest BCUT2D eigenvalue weighted by Crippen LogP contribution is -2.47. The first-order valence-electron chi connectivity index (χ1n) is 8.54. The van der Waals surface area contributed by atoms with Crippen molar-refractivity contribution in [2.24, 2.45) is 0 Å². The van der Waals surface area contributed by atoms with Crippen LogP contribution >= 0.6 is 50.8 Å². The van der Waals surface area contributed by atoms with Crippen molar-refractivity contribution in [1.82, 2.24) is 10.6 Å². The van der Waals surface area contributed by atoms with Gasteiger partial charge in [-0.3, -0.25) is 9.59 Å². The number of amides is 2. The van der Waals surface area contributed by atoms with E-state index in [1.165, 1.54) is 4.88 Å². The molecule has 0 aliphatic carbocycles. The largest absolute Gasteiger partial charge is 0.353 e. The van der Waals surface area contributed by atoms with Crippen LogP contribution in [-0.2, 0) is 10.5 Å². The Balaban J connectivity index is 1.81. The highest BCUT2D eigenvalue weighted by Crippen LogP contribution is 2.17. The van der Waals surface area contributed by atoms with Gasteiger partial charge in [-0.15, -0.1) is 11.3 Å². The van der Waals surface area contributed by atoms with Crippen LogP contribution in [0.2, 0.25) is 0 Å². The van der Waals surface area contributed by atoms with Gasteiger partial charge in [0.1, 0.15) is 6.04 Å². The lowest BCUT2D eigenvalue weighted by atomic mass is 10.1. The zero-order valence-electron chi connectivity index (χ0n) is 15.1. The number of hydrogen-bond acceptors (Lipinski definition) is 5. The van der Waals surface area contributed by atoms with E-state index in [1.54, 1.807) is 40.9 Å². The molecule has 1 atom stereocenters. The van der Waals surface area contributed by atoms with Gasteiger partial charge in [0.05, 0.1) is 5.56 Å².